The number of imide groups is 1. The van der Waals surface area contributed by atoms with Gasteiger partial charge in [-0.05, 0) is 25.7 Å². The molecule has 1 rings (SSSR count). The van der Waals surface area contributed by atoms with E-state index < -0.39 is 17.9 Å². The maximum atomic E-state index is 12.4. The molecule has 0 aromatic carbocycles. The molecule has 0 spiro atoms. The summed E-state index contributed by atoms with van der Waals surface area (Å²) in [5.74, 6) is -2.19. The van der Waals surface area contributed by atoms with E-state index in [1.54, 1.807) is 20.8 Å². The lowest BCUT2D eigenvalue weighted by atomic mass is 9.97. The van der Waals surface area contributed by atoms with Crippen LogP contribution in [0.1, 0.15) is 73.1 Å². The van der Waals surface area contributed by atoms with Crippen molar-refractivity contribution in [2.24, 2.45) is 17.8 Å². The Hall–Kier alpha value is -2.84. The van der Waals surface area contributed by atoms with E-state index >= 15 is 0 Å². The average Bonchev–Trinajstić information content (AvgIpc) is 3.08. The predicted octanol–water partition coefficient (Wildman–Crippen LogP) is 1.94. The molecule has 0 aliphatic carbocycles. The van der Waals surface area contributed by atoms with Crippen LogP contribution >= 0.6 is 0 Å². The minimum atomic E-state index is -0.740. The molecule has 34 heavy (non-hydrogen) atoms. The van der Waals surface area contributed by atoms with Gasteiger partial charge in [0.1, 0.15) is 5.78 Å². The number of carbonyl (C=O) groups is 6. The van der Waals surface area contributed by atoms with Crippen LogP contribution in [0.25, 0.3) is 0 Å². The molecule has 1 aliphatic rings. The van der Waals surface area contributed by atoms with Crippen LogP contribution in [0.15, 0.2) is 12.2 Å². The van der Waals surface area contributed by atoms with Gasteiger partial charge in [0.05, 0.1) is 6.04 Å². The lowest BCUT2D eigenvalue weighted by molar-refractivity contribution is -0.137. The molecule has 0 aromatic heterocycles. The van der Waals surface area contributed by atoms with Crippen LogP contribution in [0.5, 0.6) is 0 Å². The molecular weight excluding hydrogens is 438 g/mol. The van der Waals surface area contributed by atoms with E-state index in [-0.39, 0.29) is 48.0 Å². The molecule has 0 saturated carbocycles. The summed E-state index contributed by atoms with van der Waals surface area (Å²) in [5, 5.41) is 5.45. The van der Waals surface area contributed by atoms with E-state index in [0.29, 0.717) is 44.7 Å². The zero-order valence-corrected chi connectivity index (χ0v) is 21.0. The van der Waals surface area contributed by atoms with Crippen molar-refractivity contribution in [2.45, 2.75) is 79.2 Å². The summed E-state index contributed by atoms with van der Waals surface area (Å²) >= 11 is 0. The summed E-state index contributed by atoms with van der Waals surface area (Å²) in [4.78, 5) is 73.2. The van der Waals surface area contributed by atoms with E-state index in [2.05, 4.69) is 10.6 Å². The number of hydrogen-bond acceptors (Lipinski definition) is 6. The molecule has 3 atom stereocenters. The molecule has 1 heterocycles. The SMILES string of the molecule is CC(C)CNC(=O)[C@H](C)CC(=O)[C@H](C)NC(=O)[C@H](C)CC(=O)CCCCCN1C(=O)C=CC1=O. The molecule has 0 bridgehead atoms. The van der Waals surface area contributed by atoms with Gasteiger partial charge in [-0.2, -0.15) is 0 Å². The van der Waals surface area contributed by atoms with Crippen LogP contribution in [0.2, 0.25) is 0 Å². The highest BCUT2D eigenvalue weighted by Gasteiger charge is 2.25. The van der Waals surface area contributed by atoms with Gasteiger partial charge in [-0.1, -0.05) is 34.1 Å². The second kappa shape index (κ2) is 14.4. The highest BCUT2D eigenvalue weighted by Crippen LogP contribution is 2.12. The molecule has 190 valence electrons. The van der Waals surface area contributed by atoms with Gasteiger partial charge in [0.15, 0.2) is 5.78 Å². The molecule has 1 aliphatic heterocycles. The fourth-order valence-corrected chi connectivity index (χ4v) is 3.44. The van der Waals surface area contributed by atoms with Crippen molar-refractivity contribution < 1.29 is 28.8 Å². The lowest BCUT2D eigenvalue weighted by Gasteiger charge is -2.18. The molecule has 0 fully saturated rings. The minimum absolute atomic E-state index is 0.0311. The molecule has 9 heteroatoms. The Balaban J connectivity index is 2.27. The van der Waals surface area contributed by atoms with Crippen molar-refractivity contribution in [3.63, 3.8) is 0 Å². The number of Topliss-reactive ketones (excluding diaryl/α,β-unsaturated/α-hetero) is 2. The fraction of sp³-hybridized carbons (Fsp3) is 0.680. The third-order valence-electron chi connectivity index (χ3n) is 5.70. The normalized spacial score (nSPS) is 15.9. The van der Waals surface area contributed by atoms with Crippen molar-refractivity contribution >= 4 is 35.2 Å². The van der Waals surface area contributed by atoms with Crippen molar-refractivity contribution in [1.29, 1.82) is 0 Å². The van der Waals surface area contributed by atoms with Crippen LogP contribution in [0.3, 0.4) is 0 Å². The summed E-state index contributed by atoms with van der Waals surface area (Å²) in [5.41, 5.74) is 0. The largest absolute Gasteiger partial charge is 0.356 e. The first-order valence-electron chi connectivity index (χ1n) is 12.1. The fourth-order valence-electron chi connectivity index (χ4n) is 3.44. The standard InChI is InChI=1S/C25H39N3O6/c1-16(2)15-26-24(33)18(4)14-21(30)19(5)27-25(34)17(3)13-20(29)9-7-6-8-12-28-22(31)10-11-23(28)32/h10-11,16-19H,6-9,12-15H2,1-5H3,(H,26,33)(H,27,34)/t17-,18-,19+/m1/s1. The quantitative estimate of drug-likeness (QED) is 0.258. The van der Waals surface area contributed by atoms with Gasteiger partial charge in [-0.3, -0.25) is 33.7 Å². The third-order valence-corrected chi connectivity index (χ3v) is 5.70. The Kier molecular flexibility index (Phi) is 12.4. The van der Waals surface area contributed by atoms with Gasteiger partial charge < -0.3 is 10.6 Å². The maximum Gasteiger partial charge on any atom is 0.253 e. The van der Waals surface area contributed by atoms with Gasteiger partial charge in [0, 0.05) is 56.3 Å². The van der Waals surface area contributed by atoms with Crippen molar-refractivity contribution in [3.8, 4) is 0 Å². The molecule has 0 unspecified atom stereocenters. The van der Waals surface area contributed by atoms with Crippen LogP contribution in [-0.2, 0) is 28.8 Å². The van der Waals surface area contributed by atoms with Crippen molar-refractivity contribution in [2.75, 3.05) is 13.1 Å². The highest BCUT2D eigenvalue weighted by atomic mass is 16.2. The average molecular weight is 478 g/mol. The zero-order valence-electron chi connectivity index (χ0n) is 21.0. The lowest BCUT2D eigenvalue weighted by Crippen LogP contribution is -2.43. The van der Waals surface area contributed by atoms with Gasteiger partial charge in [0.25, 0.3) is 11.8 Å². The zero-order chi connectivity index (χ0) is 25.8. The van der Waals surface area contributed by atoms with Crippen LogP contribution in [0, 0.1) is 17.8 Å². The number of rotatable bonds is 16. The van der Waals surface area contributed by atoms with Gasteiger partial charge >= 0.3 is 0 Å². The number of hydrogen-bond donors (Lipinski definition) is 2. The first kappa shape index (κ1) is 29.2. The number of amides is 4. The molecule has 0 radical (unpaired) electrons. The Morgan fingerprint density at radius 3 is 2.00 bits per heavy atom. The number of unbranched alkanes of at least 4 members (excludes halogenated alkanes) is 2. The molecule has 4 amide bonds. The van der Waals surface area contributed by atoms with E-state index in [1.165, 1.54) is 17.1 Å². The Labute approximate surface area is 202 Å². The second-order valence-corrected chi connectivity index (χ2v) is 9.56. The Bertz CT molecular complexity index is 786. The van der Waals surface area contributed by atoms with Gasteiger partial charge in [-0.25, -0.2) is 0 Å². The van der Waals surface area contributed by atoms with Crippen LogP contribution in [-0.4, -0.2) is 59.2 Å². The van der Waals surface area contributed by atoms with Crippen LogP contribution < -0.4 is 10.6 Å². The van der Waals surface area contributed by atoms with Gasteiger partial charge in [0.2, 0.25) is 11.8 Å². The predicted molar refractivity (Wildman–Crippen MR) is 127 cm³/mol. The number of nitrogens with zero attached hydrogens (tertiary/aromatic N) is 1. The van der Waals surface area contributed by atoms with Gasteiger partial charge in [-0.15, -0.1) is 0 Å². The summed E-state index contributed by atoms with van der Waals surface area (Å²) in [7, 11) is 0. The first-order chi connectivity index (χ1) is 15.9. The smallest absolute Gasteiger partial charge is 0.253 e. The molecular formula is C25H39N3O6. The Morgan fingerprint density at radius 2 is 1.41 bits per heavy atom. The summed E-state index contributed by atoms with van der Waals surface area (Å²) in [6.45, 7) is 9.76. The highest BCUT2D eigenvalue weighted by molar-refractivity contribution is 6.12. The molecule has 0 saturated heterocycles. The molecule has 9 nitrogen and oxygen atoms in total. The summed E-state index contributed by atoms with van der Waals surface area (Å²) in [6.07, 6.45) is 4.85. The van der Waals surface area contributed by atoms with Crippen molar-refractivity contribution in [1.82, 2.24) is 15.5 Å². The number of ketones is 2. The van der Waals surface area contributed by atoms with E-state index in [4.69, 9.17) is 0 Å². The monoisotopic (exact) mass is 477 g/mol. The Morgan fingerprint density at radius 1 is 0.824 bits per heavy atom. The number of nitrogens with one attached hydrogen (secondary N) is 2. The second-order valence-electron chi connectivity index (χ2n) is 9.56. The van der Waals surface area contributed by atoms with E-state index in [1.807, 2.05) is 13.8 Å². The third kappa shape index (κ3) is 10.4. The minimum Gasteiger partial charge on any atom is -0.356 e. The van der Waals surface area contributed by atoms with E-state index in [0.717, 1.165) is 0 Å². The summed E-state index contributed by atoms with van der Waals surface area (Å²) in [6, 6.07) is -0.740. The summed E-state index contributed by atoms with van der Waals surface area (Å²) < 4.78 is 0. The maximum absolute atomic E-state index is 12.4. The first-order valence-corrected chi connectivity index (χ1v) is 12.1. The van der Waals surface area contributed by atoms with Crippen LogP contribution in [0.4, 0.5) is 0 Å². The van der Waals surface area contributed by atoms with E-state index in [9.17, 15) is 28.8 Å². The topological polar surface area (TPSA) is 130 Å². The van der Waals surface area contributed by atoms with Crippen molar-refractivity contribution in [3.05, 3.63) is 12.2 Å². The molecule has 2 N–H and O–H groups in total. The molecule has 0 aromatic rings. The number of carbonyl (C=O) groups excluding carboxylic acids is 6.